The number of hydrogen-bond acceptors (Lipinski definition) is 4. The Labute approximate surface area is 136 Å². The lowest BCUT2D eigenvalue weighted by Gasteiger charge is -2.30. The Bertz CT molecular complexity index is 658. The van der Waals surface area contributed by atoms with Gasteiger partial charge in [-0.25, -0.2) is 4.98 Å². The van der Waals surface area contributed by atoms with Gasteiger partial charge >= 0.3 is 0 Å². The Balaban J connectivity index is 1.63. The van der Waals surface area contributed by atoms with Gasteiger partial charge in [-0.05, 0) is 45.0 Å². The minimum absolute atomic E-state index is 0.148. The van der Waals surface area contributed by atoms with Crippen LogP contribution >= 0.6 is 0 Å². The predicted molar refractivity (Wildman–Crippen MR) is 88.7 cm³/mol. The first-order chi connectivity index (χ1) is 11.2. The maximum absolute atomic E-state index is 11.7. The molecule has 5 nitrogen and oxygen atoms in total. The van der Waals surface area contributed by atoms with Crippen LogP contribution in [-0.4, -0.2) is 35.9 Å². The summed E-state index contributed by atoms with van der Waals surface area (Å²) in [6.07, 6.45) is 1.81. The average Bonchev–Trinajstić information content (AvgIpc) is 2.96. The quantitative estimate of drug-likeness (QED) is 0.942. The number of carbonyl (C=O) groups is 1. The number of piperidine rings is 1. The van der Waals surface area contributed by atoms with E-state index in [9.17, 15) is 4.79 Å². The van der Waals surface area contributed by atoms with Crippen LogP contribution in [0.5, 0.6) is 0 Å². The molecule has 1 N–H and O–H groups in total. The molecule has 0 spiro atoms. The smallest absolute Gasteiger partial charge is 0.226 e. The lowest BCUT2D eigenvalue weighted by molar-refractivity contribution is -0.125. The molecule has 1 aliphatic rings. The van der Waals surface area contributed by atoms with Crippen LogP contribution in [0.15, 0.2) is 34.7 Å². The van der Waals surface area contributed by atoms with Gasteiger partial charge in [0.25, 0.3) is 0 Å². The highest BCUT2D eigenvalue weighted by Crippen LogP contribution is 2.24. The molecular formula is C18H23N3O2. The lowest BCUT2D eigenvalue weighted by atomic mass is 9.96. The van der Waals surface area contributed by atoms with Crippen LogP contribution in [0.4, 0.5) is 0 Å². The van der Waals surface area contributed by atoms with Gasteiger partial charge in [0, 0.05) is 25.1 Å². The molecule has 0 bridgehead atoms. The van der Waals surface area contributed by atoms with Crippen molar-refractivity contribution < 1.29 is 9.21 Å². The summed E-state index contributed by atoms with van der Waals surface area (Å²) in [5.74, 6) is 1.86. The number of likely N-dealkylation sites (tertiary alicyclic amines) is 1. The second-order valence-electron chi connectivity index (χ2n) is 6.05. The first-order valence-corrected chi connectivity index (χ1v) is 8.13. The minimum atomic E-state index is 0.148. The Hall–Kier alpha value is -2.14. The Morgan fingerprint density at radius 2 is 2.00 bits per heavy atom. The molecule has 0 saturated carbocycles. The normalized spacial score (nSPS) is 16.4. The van der Waals surface area contributed by atoms with Crippen molar-refractivity contribution in [2.24, 2.45) is 5.92 Å². The van der Waals surface area contributed by atoms with Crippen molar-refractivity contribution in [2.45, 2.75) is 26.3 Å². The van der Waals surface area contributed by atoms with Gasteiger partial charge in [0.15, 0.2) is 0 Å². The van der Waals surface area contributed by atoms with Crippen molar-refractivity contribution in [3.63, 3.8) is 0 Å². The number of aryl methyl sites for hydroxylation is 1. The number of rotatable bonds is 4. The number of benzene rings is 1. The fourth-order valence-corrected chi connectivity index (χ4v) is 3.05. The van der Waals surface area contributed by atoms with E-state index in [0.29, 0.717) is 5.89 Å². The number of nitrogens with zero attached hydrogens (tertiary/aromatic N) is 2. The van der Waals surface area contributed by atoms with Gasteiger partial charge < -0.3 is 9.73 Å². The zero-order valence-electron chi connectivity index (χ0n) is 13.7. The summed E-state index contributed by atoms with van der Waals surface area (Å²) in [5.41, 5.74) is 1.99. The molecule has 0 unspecified atom stereocenters. The van der Waals surface area contributed by atoms with Crippen molar-refractivity contribution in [1.29, 1.82) is 0 Å². The predicted octanol–water partition coefficient (Wildman–Crippen LogP) is 2.61. The summed E-state index contributed by atoms with van der Waals surface area (Å²) >= 11 is 0. The zero-order valence-corrected chi connectivity index (χ0v) is 13.7. The second kappa shape index (κ2) is 6.96. The summed E-state index contributed by atoms with van der Waals surface area (Å²) < 4.78 is 5.82. The highest BCUT2D eigenvalue weighted by Gasteiger charge is 2.25. The van der Waals surface area contributed by atoms with Crippen molar-refractivity contribution in [3.8, 4) is 11.5 Å². The lowest BCUT2D eigenvalue weighted by Crippen LogP contribution is -2.39. The molecule has 1 amide bonds. The third kappa shape index (κ3) is 3.62. The monoisotopic (exact) mass is 313 g/mol. The SMILES string of the molecule is CNC(=O)C1CCN(Cc2nc(-c3ccccc3)oc2C)CC1. The molecule has 122 valence electrons. The molecule has 0 atom stereocenters. The average molecular weight is 313 g/mol. The third-order valence-electron chi connectivity index (χ3n) is 4.49. The first-order valence-electron chi connectivity index (χ1n) is 8.13. The van der Waals surface area contributed by atoms with E-state index in [1.54, 1.807) is 7.05 Å². The van der Waals surface area contributed by atoms with Gasteiger partial charge in [-0.3, -0.25) is 9.69 Å². The molecule has 1 fully saturated rings. The summed E-state index contributed by atoms with van der Waals surface area (Å²) in [5, 5.41) is 2.75. The third-order valence-corrected chi connectivity index (χ3v) is 4.49. The van der Waals surface area contributed by atoms with E-state index >= 15 is 0 Å². The zero-order chi connectivity index (χ0) is 16.2. The number of carbonyl (C=O) groups excluding carboxylic acids is 1. The first kappa shape index (κ1) is 15.7. The highest BCUT2D eigenvalue weighted by molar-refractivity contribution is 5.78. The molecule has 1 saturated heterocycles. The fourth-order valence-electron chi connectivity index (χ4n) is 3.05. The van der Waals surface area contributed by atoms with Gasteiger partial charge in [-0.15, -0.1) is 0 Å². The summed E-state index contributed by atoms with van der Waals surface area (Å²) in [6, 6.07) is 9.96. The second-order valence-corrected chi connectivity index (χ2v) is 6.05. The molecule has 0 radical (unpaired) electrons. The van der Waals surface area contributed by atoms with Gasteiger partial charge in [-0.2, -0.15) is 0 Å². The van der Waals surface area contributed by atoms with Crippen molar-refractivity contribution in [1.82, 2.24) is 15.2 Å². The molecule has 0 aliphatic carbocycles. The van der Waals surface area contributed by atoms with E-state index in [4.69, 9.17) is 4.42 Å². The van der Waals surface area contributed by atoms with Crippen molar-refractivity contribution >= 4 is 5.91 Å². The number of oxazole rings is 1. The molecule has 3 rings (SSSR count). The Morgan fingerprint density at radius 3 is 2.65 bits per heavy atom. The molecule has 1 aliphatic heterocycles. The van der Waals surface area contributed by atoms with Crippen molar-refractivity contribution in [2.75, 3.05) is 20.1 Å². The minimum Gasteiger partial charge on any atom is -0.441 e. The summed E-state index contributed by atoms with van der Waals surface area (Å²) in [6.45, 7) is 4.59. The molecule has 1 aromatic carbocycles. The van der Waals surface area contributed by atoms with Gasteiger partial charge in [-0.1, -0.05) is 18.2 Å². The van der Waals surface area contributed by atoms with E-state index in [-0.39, 0.29) is 11.8 Å². The van der Waals surface area contributed by atoms with Crippen LogP contribution in [0.2, 0.25) is 0 Å². The van der Waals surface area contributed by atoms with E-state index in [0.717, 1.165) is 49.5 Å². The van der Waals surface area contributed by atoms with E-state index in [1.165, 1.54) is 0 Å². The topological polar surface area (TPSA) is 58.4 Å². The van der Waals surface area contributed by atoms with Crippen LogP contribution < -0.4 is 5.32 Å². The molecule has 23 heavy (non-hydrogen) atoms. The highest BCUT2D eigenvalue weighted by atomic mass is 16.4. The van der Waals surface area contributed by atoms with Crippen molar-refractivity contribution in [3.05, 3.63) is 41.8 Å². The number of nitrogens with one attached hydrogen (secondary N) is 1. The molecule has 2 aromatic rings. The fraction of sp³-hybridized carbons (Fsp3) is 0.444. The Kier molecular flexibility index (Phi) is 4.76. The van der Waals surface area contributed by atoms with Gasteiger partial charge in [0.2, 0.25) is 11.8 Å². The summed E-state index contributed by atoms with van der Waals surface area (Å²) in [4.78, 5) is 18.7. The molecule has 1 aromatic heterocycles. The van der Waals surface area contributed by atoms with Crippen LogP contribution in [0.3, 0.4) is 0 Å². The summed E-state index contributed by atoms with van der Waals surface area (Å²) in [7, 11) is 1.71. The van der Waals surface area contributed by atoms with Crippen LogP contribution in [-0.2, 0) is 11.3 Å². The van der Waals surface area contributed by atoms with E-state index in [1.807, 2.05) is 37.3 Å². The largest absolute Gasteiger partial charge is 0.441 e. The van der Waals surface area contributed by atoms with E-state index in [2.05, 4.69) is 15.2 Å². The number of amides is 1. The van der Waals surface area contributed by atoms with Crippen LogP contribution in [0.1, 0.15) is 24.3 Å². The maximum Gasteiger partial charge on any atom is 0.226 e. The van der Waals surface area contributed by atoms with Crippen LogP contribution in [0, 0.1) is 12.8 Å². The number of aromatic nitrogens is 1. The maximum atomic E-state index is 11.7. The van der Waals surface area contributed by atoms with Crippen LogP contribution in [0.25, 0.3) is 11.5 Å². The van der Waals surface area contributed by atoms with E-state index < -0.39 is 0 Å². The van der Waals surface area contributed by atoms with Gasteiger partial charge in [0.1, 0.15) is 5.76 Å². The standard InChI is InChI=1S/C18H23N3O2/c1-13-16(20-18(23-13)15-6-4-3-5-7-15)12-21-10-8-14(9-11-21)17(22)19-2/h3-7,14H,8-12H2,1-2H3,(H,19,22). The molecule has 2 heterocycles. The Morgan fingerprint density at radius 1 is 1.30 bits per heavy atom. The molecular weight excluding hydrogens is 290 g/mol. The number of hydrogen-bond donors (Lipinski definition) is 1. The van der Waals surface area contributed by atoms with Gasteiger partial charge in [0.05, 0.1) is 5.69 Å². The molecule has 5 heteroatoms.